The number of benzene rings is 1. The van der Waals surface area contributed by atoms with E-state index in [0.29, 0.717) is 37.8 Å². The van der Waals surface area contributed by atoms with Gasteiger partial charge in [-0.15, -0.1) is 0 Å². The molecule has 1 aromatic heterocycles. The van der Waals surface area contributed by atoms with Crippen molar-refractivity contribution >= 4 is 29.1 Å². The van der Waals surface area contributed by atoms with Crippen molar-refractivity contribution in [1.82, 2.24) is 10.3 Å². The van der Waals surface area contributed by atoms with Crippen LogP contribution in [-0.2, 0) is 10.2 Å². The predicted molar refractivity (Wildman–Crippen MR) is 107 cm³/mol. The Bertz CT molecular complexity index is 974. The van der Waals surface area contributed by atoms with Crippen LogP contribution < -0.4 is 15.4 Å². The van der Waals surface area contributed by atoms with E-state index in [0.717, 1.165) is 17.3 Å². The van der Waals surface area contributed by atoms with Crippen molar-refractivity contribution in [2.24, 2.45) is 0 Å². The number of fused-ring (bicyclic) bond motifs is 2. The normalized spacial score (nSPS) is 22.9. The molecule has 29 heavy (non-hydrogen) atoms. The molecule has 6 nitrogen and oxygen atoms in total. The van der Waals surface area contributed by atoms with Crippen LogP contribution in [-0.4, -0.2) is 29.4 Å². The van der Waals surface area contributed by atoms with E-state index in [2.05, 4.69) is 15.6 Å². The molecule has 0 atom stereocenters. The van der Waals surface area contributed by atoms with Gasteiger partial charge in [-0.25, -0.2) is 9.37 Å². The van der Waals surface area contributed by atoms with Crippen molar-refractivity contribution < 1.29 is 18.7 Å². The first-order valence-electron chi connectivity index (χ1n) is 9.65. The molecule has 0 unspecified atom stereocenters. The molecular formula is C21H21ClFN3O3. The minimum atomic E-state index is -0.691. The van der Waals surface area contributed by atoms with E-state index in [4.69, 9.17) is 16.3 Å². The van der Waals surface area contributed by atoms with Crippen LogP contribution in [0, 0.1) is 5.82 Å². The largest absolute Gasteiger partial charge is 0.472 e. The predicted octanol–water partition coefficient (Wildman–Crippen LogP) is 3.84. The quantitative estimate of drug-likeness (QED) is 0.792. The lowest BCUT2D eigenvalue weighted by atomic mass is 9.69. The van der Waals surface area contributed by atoms with Gasteiger partial charge in [0.15, 0.2) is 5.82 Å². The lowest BCUT2D eigenvalue weighted by Gasteiger charge is -2.35. The zero-order valence-electron chi connectivity index (χ0n) is 15.9. The fourth-order valence-corrected chi connectivity index (χ4v) is 4.31. The number of carbonyl (C=O) groups is 2. The lowest BCUT2D eigenvalue weighted by Crippen LogP contribution is -2.41. The summed E-state index contributed by atoms with van der Waals surface area (Å²) in [4.78, 5) is 29.0. The zero-order chi connectivity index (χ0) is 20.6. The van der Waals surface area contributed by atoms with E-state index in [-0.39, 0.29) is 28.8 Å². The Hall–Kier alpha value is -2.67. The minimum absolute atomic E-state index is 0.0604. The van der Waals surface area contributed by atoms with Crippen LogP contribution in [0.4, 0.5) is 10.1 Å². The number of aromatic nitrogens is 1. The number of hydrogen-bond donors (Lipinski definition) is 2. The Labute approximate surface area is 172 Å². The zero-order valence-corrected chi connectivity index (χ0v) is 16.7. The summed E-state index contributed by atoms with van der Waals surface area (Å²) in [5.74, 6) is -0.903. The molecule has 2 aromatic rings. The summed E-state index contributed by atoms with van der Waals surface area (Å²) in [7, 11) is 0. The molecule has 1 aliphatic carbocycles. The van der Waals surface area contributed by atoms with Crippen molar-refractivity contribution in [3.05, 3.63) is 52.4 Å². The Morgan fingerprint density at radius 3 is 2.83 bits per heavy atom. The summed E-state index contributed by atoms with van der Waals surface area (Å²) in [6, 6.07) is 6.46. The Kier molecular flexibility index (Phi) is 5.17. The summed E-state index contributed by atoms with van der Waals surface area (Å²) in [5, 5.41) is 5.93. The standard InChI is InChI=1S/C21H21ClFN3O3/c1-2-24-18(27)12-3-4-17-15(9-12)21(20(28)26-17)7-5-14(6-8-21)29-19-16(23)10-13(22)11-25-19/h3-4,9-11,14H,2,5-8H2,1H3,(H,24,27)(H,26,28). The first-order chi connectivity index (χ1) is 13.9. The number of anilines is 1. The van der Waals surface area contributed by atoms with Gasteiger partial charge in [-0.1, -0.05) is 11.6 Å². The Morgan fingerprint density at radius 2 is 2.14 bits per heavy atom. The van der Waals surface area contributed by atoms with Crippen molar-refractivity contribution in [1.29, 1.82) is 0 Å². The van der Waals surface area contributed by atoms with Crippen LogP contribution in [0.25, 0.3) is 0 Å². The first-order valence-corrected chi connectivity index (χ1v) is 10.0. The molecule has 8 heteroatoms. The third-order valence-electron chi connectivity index (χ3n) is 5.66. The molecule has 2 heterocycles. The molecule has 2 aliphatic rings. The highest BCUT2D eigenvalue weighted by atomic mass is 35.5. The molecule has 1 fully saturated rings. The van der Waals surface area contributed by atoms with Crippen LogP contribution in [0.15, 0.2) is 30.5 Å². The number of amides is 2. The molecule has 1 saturated carbocycles. The molecule has 1 aliphatic heterocycles. The number of ether oxygens (including phenoxy) is 1. The summed E-state index contributed by atoms with van der Waals surface area (Å²) in [5.41, 5.74) is 1.43. The van der Waals surface area contributed by atoms with E-state index in [1.807, 2.05) is 6.92 Å². The average molecular weight is 418 g/mol. The highest BCUT2D eigenvalue weighted by Gasteiger charge is 2.49. The highest BCUT2D eigenvalue weighted by Crippen LogP contribution is 2.48. The van der Waals surface area contributed by atoms with E-state index >= 15 is 0 Å². The molecule has 0 bridgehead atoms. The van der Waals surface area contributed by atoms with Gasteiger partial charge in [0.25, 0.3) is 11.8 Å². The molecule has 4 rings (SSSR count). The van der Waals surface area contributed by atoms with Gasteiger partial charge in [0, 0.05) is 24.0 Å². The summed E-state index contributed by atoms with van der Waals surface area (Å²) in [6.45, 7) is 2.39. The van der Waals surface area contributed by atoms with Crippen LogP contribution in [0.1, 0.15) is 48.5 Å². The van der Waals surface area contributed by atoms with Gasteiger partial charge >= 0.3 is 0 Å². The molecule has 2 N–H and O–H groups in total. The van der Waals surface area contributed by atoms with Crippen LogP contribution in [0.2, 0.25) is 5.02 Å². The van der Waals surface area contributed by atoms with Crippen molar-refractivity contribution in [2.45, 2.75) is 44.1 Å². The summed E-state index contributed by atoms with van der Waals surface area (Å²) >= 11 is 5.73. The summed E-state index contributed by atoms with van der Waals surface area (Å²) < 4.78 is 19.7. The molecule has 2 amide bonds. The second kappa shape index (κ2) is 7.63. The van der Waals surface area contributed by atoms with Gasteiger partial charge in [-0.05, 0) is 62.4 Å². The number of carbonyl (C=O) groups excluding carboxylic acids is 2. The fourth-order valence-electron chi connectivity index (χ4n) is 4.16. The van der Waals surface area contributed by atoms with Gasteiger partial charge in [-0.3, -0.25) is 9.59 Å². The van der Waals surface area contributed by atoms with Crippen LogP contribution >= 0.6 is 11.6 Å². The molecule has 152 valence electrons. The second-order valence-corrected chi connectivity index (χ2v) is 7.85. The number of nitrogens with zero attached hydrogens (tertiary/aromatic N) is 1. The average Bonchev–Trinajstić information content (AvgIpc) is 2.97. The van der Waals surface area contributed by atoms with Gasteiger partial charge < -0.3 is 15.4 Å². The maximum absolute atomic E-state index is 14.0. The molecule has 0 saturated heterocycles. The van der Waals surface area contributed by atoms with Gasteiger partial charge in [0.1, 0.15) is 6.10 Å². The van der Waals surface area contributed by atoms with Gasteiger partial charge in [0.2, 0.25) is 5.91 Å². The molecule has 0 radical (unpaired) electrons. The van der Waals surface area contributed by atoms with E-state index in [9.17, 15) is 14.0 Å². The van der Waals surface area contributed by atoms with Gasteiger partial charge in [0.05, 0.1) is 10.4 Å². The lowest BCUT2D eigenvalue weighted by molar-refractivity contribution is -0.122. The topological polar surface area (TPSA) is 80.3 Å². The van der Waals surface area contributed by atoms with Crippen molar-refractivity contribution in [3.63, 3.8) is 0 Å². The summed E-state index contributed by atoms with van der Waals surface area (Å²) in [6.07, 6.45) is 3.33. The monoisotopic (exact) mass is 417 g/mol. The number of hydrogen-bond acceptors (Lipinski definition) is 4. The Balaban J connectivity index is 1.53. The van der Waals surface area contributed by atoms with E-state index < -0.39 is 11.2 Å². The van der Waals surface area contributed by atoms with Crippen molar-refractivity contribution in [3.8, 4) is 5.88 Å². The number of halogens is 2. The first kappa shape index (κ1) is 19.6. The van der Waals surface area contributed by atoms with Crippen LogP contribution in [0.3, 0.4) is 0 Å². The third-order valence-corrected chi connectivity index (χ3v) is 5.86. The molecule has 1 aromatic carbocycles. The number of pyridine rings is 1. The third kappa shape index (κ3) is 3.55. The smallest absolute Gasteiger partial charge is 0.251 e. The fraction of sp³-hybridized carbons (Fsp3) is 0.381. The maximum atomic E-state index is 14.0. The van der Waals surface area contributed by atoms with Gasteiger partial charge in [-0.2, -0.15) is 0 Å². The van der Waals surface area contributed by atoms with Crippen LogP contribution in [0.5, 0.6) is 5.88 Å². The maximum Gasteiger partial charge on any atom is 0.251 e. The van der Waals surface area contributed by atoms with E-state index in [1.54, 1.807) is 18.2 Å². The minimum Gasteiger partial charge on any atom is -0.472 e. The SMILES string of the molecule is CCNC(=O)c1ccc2c(c1)C1(CCC(Oc3ncc(Cl)cc3F)CC1)C(=O)N2. The molecule has 1 spiro atoms. The van der Waals surface area contributed by atoms with E-state index in [1.165, 1.54) is 6.20 Å². The van der Waals surface area contributed by atoms with Crippen molar-refractivity contribution in [2.75, 3.05) is 11.9 Å². The second-order valence-electron chi connectivity index (χ2n) is 7.41. The highest BCUT2D eigenvalue weighted by molar-refractivity contribution is 6.30. The Morgan fingerprint density at radius 1 is 1.38 bits per heavy atom. The number of rotatable bonds is 4. The molecular weight excluding hydrogens is 397 g/mol. The number of nitrogens with one attached hydrogen (secondary N) is 2.